The SMILES string of the molecule is O=C(c1cc(C(F)(F)F)[nH]n1)N1CC(=O)N(C2CCCCC2)CC(OCc2cccnc2)C1. The van der Waals surface area contributed by atoms with Gasteiger partial charge in [0.15, 0.2) is 5.69 Å². The minimum Gasteiger partial charge on any atom is -0.370 e. The summed E-state index contributed by atoms with van der Waals surface area (Å²) < 4.78 is 44.9. The lowest BCUT2D eigenvalue weighted by molar-refractivity contribution is -0.141. The van der Waals surface area contributed by atoms with Crippen molar-refractivity contribution < 1.29 is 27.5 Å². The molecule has 1 aliphatic carbocycles. The van der Waals surface area contributed by atoms with Crippen LogP contribution in [0.4, 0.5) is 13.2 Å². The highest BCUT2D eigenvalue weighted by Crippen LogP contribution is 2.28. The predicted molar refractivity (Wildman–Crippen MR) is 111 cm³/mol. The number of pyridine rings is 1. The van der Waals surface area contributed by atoms with E-state index in [0.29, 0.717) is 12.6 Å². The van der Waals surface area contributed by atoms with E-state index in [2.05, 4.69) is 10.1 Å². The number of rotatable bonds is 5. The summed E-state index contributed by atoms with van der Waals surface area (Å²) in [4.78, 5) is 33.2. The molecule has 178 valence electrons. The van der Waals surface area contributed by atoms with Crippen molar-refractivity contribution in [2.75, 3.05) is 19.6 Å². The molecular weight excluding hydrogens is 439 g/mol. The number of nitrogens with one attached hydrogen (secondary N) is 1. The highest BCUT2D eigenvalue weighted by molar-refractivity contribution is 5.95. The fourth-order valence-electron chi connectivity index (χ4n) is 4.39. The van der Waals surface area contributed by atoms with Crippen molar-refractivity contribution in [3.8, 4) is 0 Å². The number of H-pyrrole nitrogens is 1. The Kier molecular flexibility index (Phi) is 6.96. The highest BCUT2D eigenvalue weighted by Gasteiger charge is 2.37. The van der Waals surface area contributed by atoms with Crippen LogP contribution in [0.5, 0.6) is 0 Å². The molecule has 3 heterocycles. The zero-order valence-electron chi connectivity index (χ0n) is 18.1. The number of ether oxygens (including phenoxy) is 1. The van der Waals surface area contributed by atoms with Gasteiger partial charge in [-0.25, -0.2) is 0 Å². The Balaban J connectivity index is 1.53. The number of alkyl halides is 3. The maximum absolute atomic E-state index is 13.1. The molecule has 2 amide bonds. The summed E-state index contributed by atoms with van der Waals surface area (Å²) in [5, 5.41) is 5.39. The summed E-state index contributed by atoms with van der Waals surface area (Å²) in [5.41, 5.74) is -0.648. The molecule has 0 radical (unpaired) electrons. The maximum Gasteiger partial charge on any atom is 0.432 e. The molecule has 1 unspecified atom stereocenters. The number of aromatic nitrogens is 3. The van der Waals surface area contributed by atoms with Crippen molar-refractivity contribution >= 4 is 11.8 Å². The second-order valence-corrected chi connectivity index (χ2v) is 8.48. The third-order valence-corrected chi connectivity index (χ3v) is 6.08. The van der Waals surface area contributed by atoms with Crippen molar-refractivity contribution in [1.82, 2.24) is 25.0 Å². The van der Waals surface area contributed by atoms with Gasteiger partial charge in [0.2, 0.25) is 5.91 Å². The molecule has 33 heavy (non-hydrogen) atoms. The molecule has 2 aromatic rings. The number of hydrogen-bond donors (Lipinski definition) is 1. The summed E-state index contributed by atoms with van der Waals surface area (Å²) in [7, 11) is 0. The van der Waals surface area contributed by atoms with Crippen LogP contribution in [0.3, 0.4) is 0 Å². The molecule has 11 heteroatoms. The van der Waals surface area contributed by atoms with E-state index in [4.69, 9.17) is 4.74 Å². The number of aromatic amines is 1. The van der Waals surface area contributed by atoms with Crippen LogP contribution in [0.15, 0.2) is 30.6 Å². The summed E-state index contributed by atoms with van der Waals surface area (Å²) >= 11 is 0. The van der Waals surface area contributed by atoms with Crippen LogP contribution < -0.4 is 0 Å². The first-order valence-electron chi connectivity index (χ1n) is 11.0. The van der Waals surface area contributed by atoms with Gasteiger partial charge in [-0.05, 0) is 24.5 Å². The summed E-state index contributed by atoms with van der Waals surface area (Å²) in [5.74, 6) is -0.968. The topological polar surface area (TPSA) is 91.4 Å². The Hall–Kier alpha value is -2.95. The molecule has 0 spiro atoms. The van der Waals surface area contributed by atoms with E-state index in [1.165, 1.54) is 4.90 Å². The summed E-state index contributed by atoms with van der Waals surface area (Å²) in [6, 6.07) is 4.39. The zero-order chi connectivity index (χ0) is 23.4. The van der Waals surface area contributed by atoms with Gasteiger partial charge in [0.1, 0.15) is 12.2 Å². The third kappa shape index (κ3) is 5.70. The second kappa shape index (κ2) is 9.90. The average molecular weight is 465 g/mol. The van der Waals surface area contributed by atoms with Gasteiger partial charge in [-0.15, -0.1) is 0 Å². The van der Waals surface area contributed by atoms with Crippen LogP contribution in [0.1, 0.15) is 53.8 Å². The van der Waals surface area contributed by atoms with Crippen molar-refractivity contribution in [1.29, 1.82) is 0 Å². The van der Waals surface area contributed by atoms with Crippen molar-refractivity contribution in [3.05, 3.63) is 47.5 Å². The molecular formula is C22H26F3N5O3. The van der Waals surface area contributed by atoms with E-state index in [-0.39, 0.29) is 37.3 Å². The van der Waals surface area contributed by atoms with Gasteiger partial charge in [0.25, 0.3) is 5.91 Å². The molecule has 1 N–H and O–H groups in total. The van der Waals surface area contributed by atoms with Gasteiger partial charge < -0.3 is 14.5 Å². The van der Waals surface area contributed by atoms with E-state index in [0.717, 1.165) is 37.7 Å². The Labute approximate surface area is 189 Å². The van der Waals surface area contributed by atoms with Crippen LogP contribution in [-0.2, 0) is 22.3 Å². The largest absolute Gasteiger partial charge is 0.432 e. The summed E-state index contributed by atoms with van der Waals surface area (Å²) in [6.45, 7) is 0.411. The Morgan fingerprint density at radius 2 is 2.00 bits per heavy atom. The van der Waals surface area contributed by atoms with Crippen LogP contribution in [-0.4, -0.2) is 68.6 Å². The van der Waals surface area contributed by atoms with E-state index >= 15 is 0 Å². The highest BCUT2D eigenvalue weighted by atomic mass is 19.4. The fraction of sp³-hybridized carbons (Fsp3) is 0.545. The number of hydrogen-bond acceptors (Lipinski definition) is 5. The lowest BCUT2D eigenvalue weighted by Gasteiger charge is -2.34. The Morgan fingerprint density at radius 3 is 2.67 bits per heavy atom. The van der Waals surface area contributed by atoms with Gasteiger partial charge in [-0.3, -0.25) is 19.7 Å². The van der Waals surface area contributed by atoms with Crippen molar-refractivity contribution in [2.45, 2.75) is 57.0 Å². The first-order valence-corrected chi connectivity index (χ1v) is 11.0. The van der Waals surface area contributed by atoms with Crippen LogP contribution in [0, 0.1) is 0 Å². The number of halogens is 3. The lowest BCUT2D eigenvalue weighted by atomic mass is 9.94. The van der Waals surface area contributed by atoms with Gasteiger partial charge in [0, 0.05) is 37.6 Å². The molecule has 1 atom stereocenters. The quantitative estimate of drug-likeness (QED) is 0.733. The van der Waals surface area contributed by atoms with Gasteiger partial charge in [0.05, 0.1) is 12.7 Å². The minimum absolute atomic E-state index is 0.0717. The van der Waals surface area contributed by atoms with E-state index < -0.39 is 23.9 Å². The van der Waals surface area contributed by atoms with E-state index in [1.54, 1.807) is 23.4 Å². The van der Waals surface area contributed by atoms with Gasteiger partial charge in [-0.1, -0.05) is 25.3 Å². The van der Waals surface area contributed by atoms with Crippen LogP contribution >= 0.6 is 0 Å². The standard InChI is InChI=1S/C22H26F3N5O3/c23-22(24,25)19-9-18(27-28-19)21(32)29-11-17(33-14-15-5-4-8-26-10-15)12-30(20(31)13-29)16-6-2-1-3-7-16/h4-5,8-10,16-17H,1-3,6-7,11-14H2,(H,27,28). The normalized spacial score (nSPS) is 20.7. The minimum atomic E-state index is -4.65. The first-order chi connectivity index (χ1) is 15.8. The Bertz CT molecular complexity index is 960. The fourth-order valence-corrected chi connectivity index (χ4v) is 4.39. The molecule has 0 bridgehead atoms. The van der Waals surface area contributed by atoms with Gasteiger partial charge >= 0.3 is 6.18 Å². The molecule has 2 aliphatic rings. The van der Waals surface area contributed by atoms with Crippen molar-refractivity contribution in [3.63, 3.8) is 0 Å². The van der Waals surface area contributed by atoms with E-state index in [9.17, 15) is 22.8 Å². The van der Waals surface area contributed by atoms with E-state index in [1.807, 2.05) is 11.2 Å². The Morgan fingerprint density at radius 1 is 1.21 bits per heavy atom. The zero-order valence-corrected chi connectivity index (χ0v) is 18.1. The summed E-state index contributed by atoms with van der Waals surface area (Å²) in [6.07, 6.45) is 3.16. The smallest absolute Gasteiger partial charge is 0.370 e. The molecule has 8 nitrogen and oxygen atoms in total. The van der Waals surface area contributed by atoms with Gasteiger partial charge in [-0.2, -0.15) is 18.3 Å². The molecule has 4 rings (SSSR count). The first kappa shape index (κ1) is 23.2. The number of nitrogens with zero attached hydrogens (tertiary/aromatic N) is 4. The lowest BCUT2D eigenvalue weighted by Crippen LogP contribution is -2.46. The third-order valence-electron chi connectivity index (χ3n) is 6.08. The molecule has 2 fully saturated rings. The molecule has 0 aromatic carbocycles. The number of amides is 2. The molecule has 1 aliphatic heterocycles. The van der Waals surface area contributed by atoms with Crippen LogP contribution in [0.2, 0.25) is 0 Å². The molecule has 1 saturated carbocycles. The van der Waals surface area contributed by atoms with Crippen molar-refractivity contribution in [2.24, 2.45) is 0 Å². The number of carbonyl (C=O) groups is 2. The molecule has 1 saturated heterocycles. The molecule has 2 aromatic heterocycles. The predicted octanol–water partition coefficient (Wildman–Crippen LogP) is 3.03. The monoisotopic (exact) mass is 465 g/mol. The average Bonchev–Trinajstić information content (AvgIpc) is 3.25. The second-order valence-electron chi connectivity index (χ2n) is 8.48. The van der Waals surface area contributed by atoms with Crippen LogP contribution in [0.25, 0.3) is 0 Å². The number of carbonyl (C=O) groups excluding carboxylic acids is 2. The maximum atomic E-state index is 13.1.